The SMILES string of the molecule is CCCOC(=O)/C(C(N)=NCc1ccccc1)=C(/O)OCCC. The summed E-state index contributed by atoms with van der Waals surface area (Å²) in [6.45, 7) is 4.54. The van der Waals surface area contributed by atoms with Gasteiger partial charge in [0.25, 0.3) is 5.95 Å². The molecule has 3 N–H and O–H groups in total. The quantitative estimate of drug-likeness (QED) is 0.240. The highest BCUT2D eigenvalue weighted by Crippen LogP contribution is 2.09. The molecule has 0 aliphatic heterocycles. The molecule has 1 aromatic rings. The maximum absolute atomic E-state index is 12.1. The van der Waals surface area contributed by atoms with Crippen molar-refractivity contribution in [1.29, 1.82) is 0 Å². The first-order valence-corrected chi connectivity index (χ1v) is 7.67. The van der Waals surface area contributed by atoms with E-state index in [0.29, 0.717) is 12.8 Å². The van der Waals surface area contributed by atoms with Crippen LogP contribution in [0.3, 0.4) is 0 Å². The molecule has 23 heavy (non-hydrogen) atoms. The molecule has 0 aliphatic carbocycles. The molecular formula is C17H24N2O4. The molecule has 0 amide bonds. The largest absolute Gasteiger partial charge is 0.480 e. The van der Waals surface area contributed by atoms with Gasteiger partial charge in [0.05, 0.1) is 19.8 Å². The van der Waals surface area contributed by atoms with Crippen LogP contribution in [0.4, 0.5) is 0 Å². The van der Waals surface area contributed by atoms with Crippen LogP contribution in [-0.4, -0.2) is 30.1 Å². The Kier molecular flexibility index (Phi) is 8.28. The van der Waals surface area contributed by atoms with Crippen molar-refractivity contribution >= 4 is 11.8 Å². The van der Waals surface area contributed by atoms with Crippen LogP contribution in [0.1, 0.15) is 32.3 Å². The van der Waals surface area contributed by atoms with Gasteiger partial charge < -0.3 is 20.3 Å². The Balaban J connectivity index is 2.95. The van der Waals surface area contributed by atoms with Crippen molar-refractivity contribution in [3.63, 3.8) is 0 Å². The highest BCUT2D eigenvalue weighted by atomic mass is 16.6. The van der Waals surface area contributed by atoms with Crippen LogP contribution in [0.5, 0.6) is 0 Å². The predicted octanol–water partition coefficient (Wildman–Crippen LogP) is 2.69. The number of carbonyl (C=O) groups excluding carboxylic acids is 1. The van der Waals surface area contributed by atoms with Gasteiger partial charge in [0.15, 0.2) is 5.57 Å². The minimum absolute atomic E-state index is 0.108. The fourth-order valence-corrected chi connectivity index (χ4v) is 1.68. The van der Waals surface area contributed by atoms with E-state index >= 15 is 0 Å². The minimum Gasteiger partial charge on any atom is -0.480 e. The van der Waals surface area contributed by atoms with Gasteiger partial charge in [0.2, 0.25) is 0 Å². The van der Waals surface area contributed by atoms with Crippen LogP contribution in [0, 0.1) is 0 Å². The second kappa shape index (κ2) is 10.3. The summed E-state index contributed by atoms with van der Waals surface area (Å²) in [5.41, 5.74) is 6.56. The van der Waals surface area contributed by atoms with Gasteiger partial charge in [0, 0.05) is 0 Å². The first-order valence-electron chi connectivity index (χ1n) is 7.67. The van der Waals surface area contributed by atoms with Crippen molar-refractivity contribution < 1.29 is 19.4 Å². The standard InChI is InChI=1S/C17H24N2O4/c1-3-10-22-16(20)14(17(21)23-11-4-2)15(18)19-12-13-8-6-5-7-9-13/h5-9,20H,3-4,10-12H2,1-2H3,(H2,18,19)/b16-14-. The first-order chi connectivity index (χ1) is 11.1. The maximum atomic E-state index is 12.1. The van der Waals surface area contributed by atoms with Gasteiger partial charge in [-0.25, -0.2) is 4.79 Å². The average Bonchev–Trinajstić information content (AvgIpc) is 2.57. The van der Waals surface area contributed by atoms with Crippen LogP contribution < -0.4 is 5.73 Å². The lowest BCUT2D eigenvalue weighted by molar-refractivity contribution is -0.139. The summed E-state index contributed by atoms with van der Waals surface area (Å²) in [6.07, 6.45) is 1.35. The monoisotopic (exact) mass is 320 g/mol. The zero-order valence-corrected chi connectivity index (χ0v) is 13.6. The van der Waals surface area contributed by atoms with Crippen molar-refractivity contribution in [2.24, 2.45) is 10.7 Å². The molecule has 1 aromatic carbocycles. The minimum atomic E-state index is -0.741. The molecule has 0 aliphatic rings. The summed E-state index contributed by atoms with van der Waals surface area (Å²) in [5.74, 6) is -1.40. The number of aliphatic hydroxyl groups excluding tert-OH is 1. The molecular weight excluding hydrogens is 296 g/mol. The van der Waals surface area contributed by atoms with Gasteiger partial charge in [-0.3, -0.25) is 4.99 Å². The number of hydrogen-bond donors (Lipinski definition) is 2. The number of aliphatic imine (C=N–C) groups is 1. The summed E-state index contributed by atoms with van der Waals surface area (Å²) >= 11 is 0. The number of ether oxygens (including phenoxy) is 2. The molecule has 0 heterocycles. The van der Waals surface area contributed by atoms with Gasteiger partial charge in [-0.15, -0.1) is 0 Å². The van der Waals surface area contributed by atoms with Crippen LogP contribution >= 0.6 is 0 Å². The Labute approximate surface area is 136 Å². The van der Waals surface area contributed by atoms with Crippen LogP contribution in [0.25, 0.3) is 0 Å². The molecule has 6 heteroatoms. The predicted molar refractivity (Wildman–Crippen MR) is 88.9 cm³/mol. The van der Waals surface area contributed by atoms with Crippen LogP contribution in [0.15, 0.2) is 46.8 Å². The second-order valence-electron chi connectivity index (χ2n) is 4.85. The lowest BCUT2D eigenvalue weighted by Crippen LogP contribution is -2.26. The highest BCUT2D eigenvalue weighted by Gasteiger charge is 2.22. The summed E-state index contributed by atoms with van der Waals surface area (Å²) < 4.78 is 10.1. The molecule has 0 radical (unpaired) electrons. The lowest BCUT2D eigenvalue weighted by atomic mass is 10.2. The molecule has 0 unspecified atom stereocenters. The number of benzene rings is 1. The van der Waals surface area contributed by atoms with E-state index in [4.69, 9.17) is 15.2 Å². The zero-order valence-electron chi connectivity index (χ0n) is 13.6. The number of carbonyl (C=O) groups is 1. The smallest absolute Gasteiger partial charge is 0.349 e. The molecule has 126 valence electrons. The molecule has 6 nitrogen and oxygen atoms in total. The van der Waals surface area contributed by atoms with E-state index in [1.54, 1.807) is 0 Å². The molecule has 0 aromatic heterocycles. The van der Waals surface area contributed by atoms with E-state index in [1.807, 2.05) is 44.2 Å². The normalized spacial score (nSPS) is 12.5. The summed E-state index contributed by atoms with van der Waals surface area (Å²) in [5, 5.41) is 9.97. The molecule has 0 bridgehead atoms. The van der Waals surface area contributed by atoms with Crippen molar-refractivity contribution in [2.75, 3.05) is 13.2 Å². The fourth-order valence-electron chi connectivity index (χ4n) is 1.68. The lowest BCUT2D eigenvalue weighted by Gasteiger charge is -2.11. The van der Waals surface area contributed by atoms with Crippen LogP contribution in [-0.2, 0) is 20.8 Å². The Morgan fingerprint density at radius 1 is 1.13 bits per heavy atom. The van der Waals surface area contributed by atoms with E-state index in [0.717, 1.165) is 5.56 Å². The number of nitrogens with zero attached hydrogens (tertiary/aromatic N) is 1. The fraction of sp³-hybridized carbons (Fsp3) is 0.412. The third-order valence-corrected chi connectivity index (χ3v) is 2.83. The summed E-state index contributed by atoms with van der Waals surface area (Å²) in [6, 6.07) is 9.45. The van der Waals surface area contributed by atoms with Crippen molar-refractivity contribution in [3.8, 4) is 0 Å². The molecule has 0 saturated heterocycles. The Bertz CT molecular complexity index is 553. The Morgan fingerprint density at radius 2 is 1.74 bits per heavy atom. The van der Waals surface area contributed by atoms with Gasteiger partial charge in [0.1, 0.15) is 5.84 Å². The first kappa shape index (κ1) is 18.5. The van der Waals surface area contributed by atoms with E-state index in [1.165, 1.54) is 0 Å². The van der Waals surface area contributed by atoms with E-state index in [-0.39, 0.29) is 31.2 Å². The third-order valence-electron chi connectivity index (χ3n) is 2.83. The van der Waals surface area contributed by atoms with Gasteiger partial charge in [-0.2, -0.15) is 0 Å². The van der Waals surface area contributed by atoms with Crippen molar-refractivity contribution in [1.82, 2.24) is 0 Å². The average molecular weight is 320 g/mol. The van der Waals surface area contributed by atoms with E-state index in [9.17, 15) is 9.90 Å². The summed E-state index contributed by atoms with van der Waals surface area (Å²) in [7, 11) is 0. The number of amidine groups is 1. The maximum Gasteiger partial charge on any atom is 0.349 e. The zero-order chi connectivity index (χ0) is 17.1. The van der Waals surface area contributed by atoms with Gasteiger partial charge >= 0.3 is 5.97 Å². The van der Waals surface area contributed by atoms with Gasteiger partial charge in [-0.05, 0) is 18.4 Å². The third kappa shape index (κ3) is 6.42. The number of nitrogens with two attached hydrogens (primary N) is 1. The number of hydrogen-bond acceptors (Lipinski definition) is 5. The molecule has 0 atom stereocenters. The summed E-state index contributed by atoms with van der Waals surface area (Å²) in [4.78, 5) is 16.2. The van der Waals surface area contributed by atoms with E-state index in [2.05, 4.69) is 4.99 Å². The van der Waals surface area contributed by atoms with Crippen molar-refractivity contribution in [2.45, 2.75) is 33.2 Å². The van der Waals surface area contributed by atoms with Crippen molar-refractivity contribution in [3.05, 3.63) is 47.4 Å². The van der Waals surface area contributed by atoms with E-state index < -0.39 is 11.9 Å². The van der Waals surface area contributed by atoms with Gasteiger partial charge in [-0.1, -0.05) is 44.2 Å². The highest BCUT2D eigenvalue weighted by molar-refractivity contribution is 6.18. The Hall–Kier alpha value is -2.50. The number of esters is 1. The topological polar surface area (TPSA) is 94.1 Å². The molecule has 0 spiro atoms. The number of aliphatic hydroxyl groups is 1. The number of rotatable bonds is 9. The molecule has 1 rings (SSSR count). The van der Waals surface area contributed by atoms with Crippen LogP contribution in [0.2, 0.25) is 0 Å². The molecule has 0 saturated carbocycles. The molecule has 0 fully saturated rings. The second-order valence-corrected chi connectivity index (χ2v) is 4.85. The Morgan fingerprint density at radius 3 is 2.35 bits per heavy atom.